The van der Waals surface area contributed by atoms with Crippen molar-refractivity contribution in [1.82, 2.24) is 15.5 Å². The summed E-state index contributed by atoms with van der Waals surface area (Å²) in [6.07, 6.45) is 7.00. The van der Waals surface area contributed by atoms with E-state index in [1.165, 1.54) is 6.92 Å². The van der Waals surface area contributed by atoms with Crippen molar-refractivity contribution in [2.75, 3.05) is 13.1 Å². The average molecular weight is 290 g/mol. The van der Waals surface area contributed by atoms with Crippen LogP contribution in [0, 0.1) is 0 Å². The minimum absolute atomic E-state index is 0.0145. The lowest BCUT2D eigenvalue weighted by Gasteiger charge is -2.41. The van der Waals surface area contributed by atoms with E-state index in [2.05, 4.69) is 15.6 Å². The quantitative estimate of drug-likeness (QED) is 0.696. The van der Waals surface area contributed by atoms with Gasteiger partial charge in [0.2, 0.25) is 11.8 Å². The zero-order valence-corrected chi connectivity index (χ0v) is 12.0. The lowest BCUT2D eigenvalue weighted by Crippen LogP contribution is -2.60. The van der Waals surface area contributed by atoms with Crippen molar-refractivity contribution in [3.05, 3.63) is 24.4 Å². The summed E-state index contributed by atoms with van der Waals surface area (Å²) in [5.41, 5.74) is -1.01. The fraction of sp³-hybridized carbons (Fsp3) is 0.429. The van der Waals surface area contributed by atoms with Crippen LogP contribution < -0.4 is 10.6 Å². The van der Waals surface area contributed by atoms with Gasteiger partial charge in [0.15, 0.2) is 0 Å². The van der Waals surface area contributed by atoms with Crippen LogP contribution in [0.5, 0.6) is 0 Å². The molecule has 2 aliphatic heterocycles. The Kier molecular flexibility index (Phi) is 4.21. The second-order valence-electron chi connectivity index (χ2n) is 5.12. The molecule has 0 bridgehead atoms. The van der Waals surface area contributed by atoms with E-state index in [0.717, 1.165) is 0 Å². The van der Waals surface area contributed by atoms with Crippen LogP contribution in [0.15, 0.2) is 29.4 Å². The van der Waals surface area contributed by atoms with Gasteiger partial charge in [0.1, 0.15) is 11.4 Å². The van der Waals surface area contributed by atoms with Gasteiger partial charge in [-0.3, -0.25) is 14.4 Å². The fourth-order valence-electron chi connectivity index (χ4n) is 2.28. The Morgan fingerprint density at radius 2 is 2.05 bits per heavy atom. The van der Waals surface area contributed by atoms with Gasteiger partial charge in [0.25, 0.3) is 5.91 Å². The molecule has 2 N–H and O–H groups in total. The summed E-state index contributed by atoms with van der Waals surface area (Å²) in [5, 5.41) is 5.34. The van der Waals surface area contributed by atoms with Crippen LogP contribution in [0.25, 0.3) is 0 Å². The van der Waals surface area contributed by atoms with E-state index in [9.17, 15) is 14.4 Å². The number of carbonyl (C=O) groups is 3. The first-order valence-corrected chi connectivity index (χ1v) is 6.72. The Bertz CT molecular complexity index is 565. The topological polar surface area (TPSA) is 90.9 Å². The molecular formula is C14H18N4O3. The molecule has 2 aliphatic rings. The number of fused-ring (bicyclic) bond motifs is 1. The Morgan fingerprint density at radius 1 is 1.33 bits per heavy atom. The van der Waals surface area contributed by atoms with E-state index < -0.39 is 5.54 Å². The lowest BCUT2D eigenvalue weighted by atomic mass is 9.91. The molecule has 0 aromatic heterocycles. The number of allylic oxidation sites excluding steroid dienone is 2. The molecule has 2 heterocycles. The second-order valence-corrected chi connectivity index (χ2v) is 5.12. The zero-order chi connectivity index (χ0) is 15.5. The molecule has 0 radical (unpaired) electrons. The largest absolute Gasteiger partial charge is 0.355 e. The van der Waals surface area contributed by atoms with Gasteiger partial charge in [-0.25, -0.2) is 0 Å². The van der Waals surface area contributed by atoms with Gasteiger partial charge in [-0.15, -0.1) is 0 Å². The van der Waals surface area contributed by atoms with Crippen LogP contribution in [0.2, 0.25) is 0 Å². The molecule has 0 aromatic carbocycles. The average Bonchev–Trinajstić information content (AvgIpc) is 2.43. The molecule has 21 heavy (non-hydrogen) atoms. The number of nitrogens with zero attached hydrogens (tertiary/aromatic N) is 2. The molecule has 1 atom stereocenters. The molecule has 112 valence electrons. The monoisotopic (exact) mass is 290 g/mol. The van der Waals surface area contributed by atoms with E-state index in [4.69, 9.17) is 0 Å². The highest BCUT2D eigenvalue weighted by Gasteiger charge is 2.44. The van der Waals surface area contributed by atoms with Gasteiger partial charge in [0.05, 0.1) is 6.42 Å². The number of amides is 3. The van der Waals surface area contributed by atoms with Crippen LogP contribution in [0.3, 0.4) is 0 Å². The number of amidine groups is 1. The first-order chi connectivity index (χ1) is 9.93. The molecular weight excluding hydrogens is 272 g/mol. The van der Waals surface area contributed by atoms with Crippen LogP contribution in [-0.2, 0) is 14.4 Å². The highest BCUT2D eigenvalue weighted by molar-refractivity contribution is 6.09. The molecule has 0 fully saturated rings. The summed E-state index contributed by atoms with van der Waals surface area (Å²) >= 11 is 0. The van der Waals surface area contributed by atoms with Crippen LogP contribution in [0.4, 0.5) is 0 Å². The maximum atomic E-state index is 12.4. The number of aliphatic imine (C=N–C) groups is 1. The first-order valence-electron chi connectivity index (χ1n) is 6.72. The van der Waals surface area contributed by atoms with Crippen molar-refractivity contribution < 1.29 is 14.4 Å². The van der Waals surface area contributed by atoms with E-state index in [1.807, 2.05) is 0 Å². The highest BCUT2D eigenvalue weighted by Crippen LogP contribution is 2.27. The molecule has 0 saturated heterocycles. The summed E-state index contributed by atoms with van der Waals surface area (Å²) in [4.78, 5) is 40.6. The van der Waals surface area contributed by atoms with Gasteiger partial charge in [0, 0.05) is 26.2 Å². The minimum Gasteiger partial charge on any atom is -0.355 e. The number of carbonyl (C=O) groups excluding carboxylic acids is 3. The predicted molar refractivity (Wildman–Crippen MR) is 77.3 cm³/mol. The van der Waals surface area contributed by atoms with E-state index in [0.29, 0.717) is 18.9 Å². The van der Waals surface area contributed by atoms with E-state index >= 15 is 0 Å². The number of hydrogen-bond acceptors (Lipinski definition) is 4. The third-order valence-corrected chi connectivity index (χ3v) is 3.38. The van der Waals surface area contributed by atoms with Gasteiger partial charge < -0.3 is 15.5 Å². The standard InChI is InChI=1S/C14H18N4O3/c1-10(19)15-6-7-16-13(21)14(2)9-12(20)17-11-5-3-4-8-18(11)14/h3-5,8H,6-7,9H2,1-2H3,(H,15,19)(H,16,21). The summed E-state index contributed by atoms with van der Waals surface area (Å²) in [6, 6.07) is 0. The third-order valence-electron chi connectivity index (χ3n) is 3.38. The maximum absolute atomic E-state index is 12.4. The summed E-state index contributed by atoms with van der Waals surface area (Å²) in [7, 11) is 0. The smallest absolute Gasteiger partial charge is 0.250 e. The highest BCUT2D eigenvalue weighted by atomic mass is 16.2. The van der Waals surface area contributed by atoms with Gasteiger partial charge >= 0.3 is 0 Å². The molecule has 7 heteroatoms. The first kappa shape index (κ1) is 15.0. The maximum Gasteiger partial charge on any atom is 0.250 e. The lowest BCUT2D eigenvalue weighted by molar-refractivity contribution is -0.134. The van der Waals surface area contributed by atoms with Crippen molar-refractivity contribution in [3.63, 3.8) is 0 Å². The van der Waals surface area contributed by atoms with Gasteiger partial charge in [-0.1, -0.05) is 6.08 Å². The van der Waals surface area contributed by atoms with E-state index in [-0.39, 0.29) is 24.1 Å². The van der Waals surface area contributed by atoms with Crippen LogP contribution in [-0.4, -0.2) is 47.1 Å². The fourth-order valence-corrected chi connectivity index (χ4v) is 2.28. The van der Waals surface area contributed by atoms with Crippen LogP contribution >= 0.6 is 0 Å². The van der Waals surface area contributed by atoms with Crippen molar-refractivity contribution in [2.24, 2.45) is 4.99 Å². The second kappa shape index (κ2) is 5.90. The van der Waals surface area contributed by atoms with Gasteiger partial charge in [-0.05, 0) is 19.1 Å². The number of hydrogen-bond donors (Lipinski definition) is 2. The molecule has 0 spiro atoms. The SMILES string of the molecule is CC(=O)NCCNC(=O)C1(C)CC(=O)N=C2C=CC=CN21. The number of rotatable bonds is 4. The molecule has 2 rings (SSSR count). The molecule has 0 aliphatic carbocycles. The molecule has 3 amide bonds. The number of nitrogens with one attached hydrogen (secondary N) is 2. The summed E-state index contributed by atoms with van der Waals surface area (Å²) < 4.78 is 0. The van der Waals surface area contributed by atoms with Crippen molar-refractivity contribution in [3.8, 4) is 0 Å². The third kappa shape index (κ3) is 3.18. The summed E-state index contributed by atoms with van der Waals surface area (Å²) in [5.74, 6) is -0.274. The molecule has 1 unspecified atom stereocenters. The van der Waals surface area contributed by atoms with Crippen molar-refractivity contribution in [2.45, 2.75) is 25.8 Å². The minimum atomic E-state index is -1.01. The van der Waals surface area contributed by atoms with Gasteiger partial charge in [-0.2, -0.15) is 4.99 Å². The Balaban J connectivity index is 2.06. The Morgan fingerprint density at radius 3 is 2.76 bits per heavy atom. The van der Waals surface area contributed by atoms with E-state index in [1.54, 1.807) is 36.3 Å². The molecule has 7 nitrogen and oxygen atoms in total. The van der Waals surface area contributed by atoms with Crippen molar-refractivity contribution >= 4 is 23.6 Å². The summed E-state index contributed by atoms with van der Waals surface area (Å²) in [6.45, 7) is 3.78. The Hall–Kier alpha value is -2.44. The van der Waals surface area contributed by atoms with Crippen LogP contribution in [0.1, 0.15) is 20.3 Å². The molecule has 0 aromatic rings. The molecule has 0 saturated carbocycles. The Labute approximate surface area is 122 Å². The predicted octanol–water partition coefficient (Wildman–Crippen LogP) is -0.288. The van der Waals surface area contributed by atoms with Crippen molar-refractivity contribution in [1.29, 1.82) is 0 Å². The zero-order valence-electron chi connectivity index (χ0n) is 12.0. The normalized spacial score (nSPS) is 23.4.